The number of carboxylic acids is 1. The van der Waals surface area contributed by atoms with Gasteiger partial charge in [0.05, 0.1) is 5.02 Å². The molecule has 88 valence electrons. The van der Waals surface area contributed by atoms with Crippen molar-refractivity contribution in [2.45, 2.75) is 6.18 Å². The van der Waals surface area contributed by atoms with Crippen LogP contribution in [-0.4, -0.2) is 28.8 Å². The fourth-order valence-corrected chi connectivity index (χ4v) is 1.09. The summed E-state index contributed by atoms with van der Waals surface area (Å²) in [4.78, 5) is 14.2. The zero-order valence-corrected chi connectivity index (χ0v) is 8.43. The number of carboxylic acid groups (broad SMARTS) is 1. The van der Waals surface area contributed by atoms with Gasteiger partial charge in [0.15, 0.2) is 0 Å². The molecule has 0 amide bonds. The number of anilines is 1. The SMILES string of the molecule is O=C(O)c1cc(Cl)cnc1NCC(F)(F)F. The summed E-state index contributed by atoms with van der Waals surface area (Å²) in [6, 6.07) is 1.02. The third kappa shape index (κ3) is 3.58. The van der Waals surface area contributed by atoms with Crippen LogP contribution in [0.3, 0.4) is 0 Å². The number of hydrogen-bond acceptors (Lipinski definition) is 3. The van der Waals surface area contributed by atoms with Gasteiger partial charge in [-0.2, -0.15) is 13.2 Å². The molecule has 0 spiro atoms. The molecule has 1 rings (SSSR count). The Morgan fingerprint density at radius 3 is 2.69 bits per heavy atom. The highest BCUT2D eigenvalue weighted by Crippen LogP contribution is 2.20. The van der Waals surface area contributed by atoms with Crippen molar-refractivity contribution in [2.24, 2.45) is 0 Å². The van der Waals surface area contributed by atoms with Gasteiger partial charge in [-0.3, -0.25) is 0 Å². The van der Waals surface area contributed by atoms with Crippen molar-refractivity contribution in [1.29, 1.82) is 0 Å². The molecular formula is C8H6ClF3N2O2. The Labute approximate surface area is 93.1 Å². The van der Waals surface area contributed by atoms with Crippen LogP contribution in [0.25, 0.3) is 0 Å². The maximum Gasteiger partial charge on any atom is 0.405 e. The average molecular weight is 255 g/mol. The molecule has 8 heteroatoms. The Morgan fingerprint density at radius 2 is 2.19 bits per heavy atom. The monoisotopic (exact) mass is 254 g/mol. The van der Waals surface area contributed by atoms with Gasteiger partial charge in [0, 0.05) is 6.20 Å². The third-order valence-electron chi connectivity index (χ3n) is 1.54. The topological polar surface area (TPSA) is 62.2 Å². The van der Waals surface area contributed by atoms with Crippen LogP contribution in [0.5, 0.6) is 0 Å². The highest BCUT2D eigenvalue weighted by molar-refractivity contribution is 6.30. The molecule has 0 atom stereocenters. The van der Waals surface area contributed by atoms with Crippen molar-refractivity contribution in [3.8, 4) is 0 Å². The van der Waals surface area contributed by atoms with E-state index in [1.807, 2.05) is 5.32 Å². The zero-order chi connectivity index (χ0) is 12.3. The summed E-state index contributed by atoms with van der Waals surface area (Å²) in [5.74, 6) is -1.77. The van der Waals surface area contributed by atoms with Crippen LogP contribution in [-0.2, 0) is 0 Å². The van der Waals surface area contributed by atoms with Gasteiger partial charge in [-0.05, 0) is 6.07 Å². The number of carbonyl (C=O) groups is 1. The van der Waals surface area contributed by atoms with Crippen molar-refractivity contribution >= 4 is 23.4 Å². The minimum Gasteiger partial charge on any atom is -0.478 e. The number of rotatable bonds is 3. The molecule has 0 fully saturated rings. The van der Waals surface area contributed by atoms with Crippen LogP contribution in [0, 0.1) is 0 Å². The van der Waals surface area contributed by atoms with Gasteiger partial charge in [-0.25, -0.2) is 9.78 Å². The van der Waals surface area contributed by atoms with E-state index in [-0.39, 0.29) is 10.8 Å². The van der Waals surface area contributed by atoms with Gasteiger partial charge in [-0.1, -0.05) is 11.6 Å². The number of hydrogen-bond donors (Lipinski definition) is 2. The highest BCUT2D eigenvalue weighted by atomic mass is 35.5. The number of pyridine rings is 1. The maximum atomic E-state index is 11.9. The molecule has 0 aliphatic rings. The second kappa shape index (κ2) is 4.56. The Morgan fingerprint density at radius 1 is 1.56 bits per heavy atom. The lowest BCUT2D eigenvalue weighted by molar-refractivity contribution is -0.115. The van der Waals surface area contributed by atoms with Crippen LogP contribution in [0.1, 0.15) is 10.4 Å². The van der Waals surface area contributed by atoms with Gasteiger partial charge >= 0.3 is 12.1 Å². The fourth-order valence-electron chi connectivity index (χ4n) is 0.927. The van der Waals surface area contributed by atoms with Crippen LogP contribution >= 0.6 is 11.6 Å². The van der Waals surface area contributed by atoms with Crippen molar-refractivity contribution < 1.29 is 23.1 Å². The number of halogens is 4. The summed E-state index contributed by atoms with van der Waals surface area (Å²) in [5, 5.41) is 10.6. The fraction of sp³-hybridized carbons (Fsp3) is 0.250. The van der Waals surface area contributed by atoms with E-state index in [0.29, 0.717) is 0 Å². The predicted molar refractivity (Wildman–Crippen MR) is 50.8 cm³/mol. The minimum atomic E-state index is -4.45. The smallest absolute Gasteiger partial charge is 0.405 e. The molecule has 16 heavy (non-hydrogen) atoms. The number of aromatic carboxylic acids is 1. The number of nitrogens with one attached hydrogen (secondary N) is 1. The molecule has 1 heterocycles. The molecule has 0 aromatic carbocycles. The van der Waals surface area contributed by atoms with Gasteiger partial charge in [0.2, 0.25) is 0 Å². The van der Waals surface area contributed by atoms with E-state index in [2.05, 4.69) is 4.98 Å². The van der Waals surface area contributed by atoms with E-state index >= 15 is 0 Å². The molecule has 1 aromatic heterocycles. The van der Waals surface area contributed by atoms with Crippen LogP contribution in [0.2, 0.25) is 5.02 Å². The lowest BCUT2D eigenvalue weighted by Gasteiger charge is -2.10. The molecule has 0 radical (unpaired) electrons. The average Bonchev–Trinajstić information content (AvgIpc) is 2.14. The second-order valence-electron chi connectivity index (χ2n) is 2.82. The Hall–Kier alpha value is -1.50. The first kappa shape index (κ1) is 12.6. The van der Waals surface area contributed by atoms with E-state index in [4.69, 9.17) is 16.7 Å². The molecule has 0 saturated carbocycles. The summed E-state index contributed by atoms with van der Waals surface area (Å²) < 4.78 is 35.7. The van der Waals surface area contributed by atoms with Gasteiger partial charge in [-0.15, -0.1) is 0 Å². The Bertz CT molecular complexity index is 409. The first-order chi connectivity index (χ1) is 7.29. The van der Waals surface area contributed by atoms with Crippen molar-refractivity contribution in [1.82, 2.24) is 4.98 Å². The number of aromatic nitrogens is 1. The molecule has 0 bridgehead atoms. The summed E-state index contributed by atoms with van der Waals surface area (Å²) in [5.41, 5.74) is -0.406. The van der Waals surface area contributed by atoms with E-state index in [0.717, 1.165) is 12.3 Å². The highest BCUT2D eigenvalue weighted by Gasteiger charge is 2.27. The van der Waals surface area contributed by atoms with E-state index in [1.165, 1.54) is 0 Å². The standard InChI is InChI=1S/C8H6ClF3N2O2/c9-4-1-5(7(15)16)6(13-2-4)14-3-8(10,11)12/h1-2H,3H2,(H,13,14)(H,15,16). The summed E-state index contributed by atoms with van der Waals surface area (Å²) >= 11 is 5.48. The largest absolute Gasteiger partial charge is 0.478 e. The molecular weight excluding hydrogens is 249 g/mol. The lowest BCUT2D eigenvalue weighted by Crippen LogP contribution is -2.23. The molecule has 0 saturated heterocycles. The number of nitrogens with zero attached hydrogens (tertiary/aromatic N) is 1. The second-order valence-corrected chi connectivity index (χ2v) is 3.26. The van der Waals surface area contributed by atoms with E-state index in [9.17, 15) is 18.0 Å². The Balaban J connectivity index is 2.91. The predicted octanol–water partition coefficient (Wildman–Crippen LogP) is 2.41. The van der Waals surface area contributed by atoms with Crippen molar-refractivity contribution in [3.05, 3.63) is 22.8 Å². The van der Waals surface area contributed by atoms with Crippen molar-refractivity contribution in [2.75, 3.05) is 11.9 Å². The van der Waals surface area contributed by atoms with Crippen LogP contribution < -0.4 is 5.32 Å². The van der Waals surface area contributed by atoms with Gasteiger partial charge < -0.3 is 10.4 Å². The van der Waals surface area contributed by atoms with Crippen molar-refractivity contribution in [3.63, 3.8) is 0 Å². The van der Waals surface area contributed by atoms with Crippen LogP contribution in [0.15, 0.2) is 12.3 Å². The molecule has 2 N–H and O–H groups in total. The first-order valence-corrected chi connectivity index (χ1v) is 4.37. The summed E-state index contributed by atoms with van der Waals surface area (Å²) in [6.07, 6.45) is -3.39. The molecule has 1 aromatic rings. The molecule has 0 aliphatic heterocycles. The van der Waals surface area contributed by atoms with Gasteiger partial charge in [0.25, 0.3) is 0 Å². The van der Waals surface area contributed by atoms with Gasteiger partial charge in [0.1, 0.15) is 17.9 Å². The first-order valence-electron chi connectivity index (χ1n) is 3.99. The zero-order valence-electron chi connectivity index (χ0n) is 7.68. The lowest BCUT2D eigenvalue weighted by atomic mass is 10.2. The van der Waals surface area contributed by atoms with E-state index in [1.54, 1.807) is 0 Å². The third-order valence-corrected chi connectivity index (χ3v) is 1.75. The van der Waals surface area contributed by atoms with Crippen LogP contribution in [0.4, 0.5) is 19.0 Å². The molecule has 0 aliphatic carbocycles. The van der Waals surface area contributed by atoms with E-state index < -0.39 is 24.3 Å². The number of alkyl halides is 3. The summed E-state index contributed by atoms with van der Waals surface area (Å²) in [6.45, 7) is -1.36. The maximum absolute atomic E-state index is 11.9. The molecule has 0 unspecified atom stereocenters. The quantitative estimate of drug-likeness (QED) is 0.869. The Kier molecular flexibility index (Phi) is 3.58. The summed E-state index contributed by atoms with van der Waals surface area (Å²) in [7, 11) is 0. The minimum absolute atomic E-state index is 0.0370. The molecule has 4 nitrogen and oxygen atoms in total. The normalized spacial score (nSPS) is 11.2.